The molecule has 1 aromatic carbocycles. The van der Waals surface area contributed by atoms with Crippen LogP contribution in [0.5, 0.6) is 0 Å². The molecule has 1 N–H and O–H groups in total. The summed E-state index contributed by atoms with van der Waals surface area (Å²) in [6.07, 6.45) is 3.14. The van der Waals surface area contributed by atoms with E-state index in [1.54, 1.807) is 0 Å². The van der Waals surface area contributed by atoms with E-state index < -0.39 is 9.84 Å². The summed E-state index contributed by atoms with van der Waals surface area (Å²) in [7, 11) is -3.00. The molecule has 0 spiro atoms. The number of benzene rings is 1. The molecule has 1 aliphatic carbocycles. The van der Waals surface area contributed by atoms with Gasteiger partial charge in [-0.3, -0.25) is 9.69 Å². The summed E-state index contributed by atoms with van der Waals surface area (Å²) in [5.74, 6) is 0.187. The topological polar surface area (TPSA) is 66.5 Å². The molecule has 1 fully saturated rings. The summed E-state index contributed by atoms with van der Waals surface area (Å²) in [5.41, 5.74) is 1.77. The van der Waals surface area contributed by atoms with Gasteiger partial charge in [-0.1, -0.05) is 18.2 Å². The summed E-state index contributed by atoms with van der Waals surface area (Å²) < 4.78 is 23.3. The van der Waals surface area contributed by atoms with Gasteiger partial charge in [-0.25, -0.2) is 8.42 Å². The molecule has 0 radical (unpaired) electrons. The van der Waals surface area contributed by atoms with Crippen LogP contribution in [0.3, 0.4) is 0 Å². The molecule has 1 atom stereocenters. The Hall–Kier alpha value is -1.40. The first-order valence-electron chi connectivity index (χ1n) is 7.59. The number of hydrogen-bond acceptors (Lipinski definition) is 4. The van der Waals surface area contributed by atoms with Crippen LogP contribution in [0.25, 0.3) is 0 Å². The van der Waals surface area contributed by atoms with Crippen LogP contribution in [0, 0.1) is 5.41 Å². The molecule has 5 nitrogen and oxygen atoms in total. The molecule has 6 heteroatoms. The summed E-state index contributed by atoms with van der Waals surface area (Å²) in [4.78, 5) is 14.4. The van der Waals surface area contributed by atoms with Gasteiger partial charge in [0, 0.05) is 25.0 Å². The Morgan fingerprint density at radius 3 is 2.64 bits per heavy atom. The van der Waals surface area contributed by atoms with E-state index in [1.807, 2.05) is 31.2 Å². The van der Waals surface area contributed by atoms with Crippen LogP contribution in [-0.4, -0.2) is 43.8 Å². The summed E-state index contributed by atoms with van der Waals surface area (Å²) in [6.45, 7) is 3.21. The van der Waals surface area contributed by atoms with E-state index in [9.17, 15) is 13.2 Å². The summed E-state index contributed by atoms with van der Waals surface area (Å²) in [6, 6.07) is 7.53. The molecule has 1 amide bonds. The monoisotopic (exact) mass is 322 g/mol. The number of amides is 1. The molecule has 1 unspecified atom stereocenters. The van der Waals surface area contributed by atoms with Gasteiger partial charge in [0.2, 0.25) is 5.91 Å². The number of carbonyl (C=O) groups excluding carboxylic acids is 1. The zero-order valence-corrected chi connectivity index (χ0v) is 13.8. The molecule has 1 aromatic rings. The molecule has 120 valence electrons. The number of sulfone groups is 1. The maximum Gasteiger partial charge on any atom is 0.241 e. The minimum atomic E-state index is -3.00. The first kappa shape index (κ1) is 15.5. The van der Waals surface area contributed by atoms with Gasteiger partial charge < -0.3 is 5.32 Å². The fraction of sp³-hybridized carbons (Fsp3) is 0.562. The Labute approximate surface area is 131 Å². The predicted molar refractivity (Wildman–Crippen MR) is 86.3 cm³/mol. The Balaban J connectivity index is 1.82. The molecule has 0 bridgehead atoms. The SMILES string of the molecule is CC1C(=O)Nc2ccccc2CN1CC1(CS(C)(=O)=O)CC1. The highest BCUT2D eigenvalue weighted by molar-refractivity contribution is 7.90. The number of fused-ring (bicyclic) bond motifs is 1. The Morgan fingerprint density at radius 2 is 2.00 bits per heavy atom. The third kappa shape index (κ3) is 3.33. The van der Waals surface area contributed by atoms with Crippen molar-refractivity contribution in [2.24, 2.45) is 5.41 Å². The fourth-order valence-electron chi connectivity index (χ4n) is 3.24. The minimum Gasteiger partial charge on any atom is -0.324 e. The molecule has 1 aliphatic heterocycles. The van der Waals surface area contributed by atoms with Gasteiger partial charge in [-0.05, 0) is 36.8 Å². The highest BCUT2D eigenvalue weighted by atomic mass is 32.2. The van der Waals surface area contributed by atoms with E-state index in [2.05, 4.69) is 10.2 Å². The van der Waals surface area contributed by atoms with Gasteiger partial charge in [0.15, 0.2) is 0 Å². The Morgan fingerprint density at radius 1 is 1.32 bits per heavy atom. The third-order valence-electron chi connectivity index (χ3n) is 4.64. The van der Waals surface area contributed by atoms with Crippen LogP contribution in [0.1, 0.15) is 25.3 Å². The molecule has 1 saturated carbocycles. The van der Waals surface area contributed by atoms with Crippen molar-refractivity contribution >= 4 is 21.4 Å². The molecule has 2 aliphatic rings. The van der Waals surface area contributed by atoms with Crippen LogP contribution < -0.4 is 5.32 Å². The lowest BCUT2D eigenvalue weighted by molar-refractivity contribution is -0.120. The van der Waals surface area contributed by atoms with E-state index >= 15 is 0 Å². The van der Waals surface area contributed by atoms with Crippen LogP contribution in [0.2, 0.25) is 0 Å². The quantitative estimate of drug-likeness (QED) is 0.915. The zero-order valence-electron chi connectivity index (χ0n) is 13.0. The number of carbonyl (C=O) groups is 1. The molecular weight excluding hydrogens is 300 g/mol. The van der Waals surface area contributed by atoms with E-state index in [0.29, 0.717) is 13.1 Å². The van der Waals surface area contributed by atoms with E-state index in [1.165, 1.54) is 6.26 Å². The lowest BCUT2D eigenvalue weighted by Gasteiger charge is -2.29. The molecule has 1 heterocycles. The second kappa shape index (κ2) is 5.35. The molecule has 22 heavy (non-hydrogen) atoms. The number of para-hydroxylation sites is 1. The van der Waals surface area contributed by atoms with Gasteiger partial charge in [0.25, 0.3) is 0 Å². The number of hydrogen-bond donors (Lipinski definition) is 1. The summed E-state index contributed by atoms with van der Waals surface area (Å²) in [5, 5.41) is 2.96. The number of nitrogens with one attached hydrogen (secondary N) is 1. The zero-order chi connectivity index (χ0) is 16.0. The predicted octanol–water partition coefficient (Wildman–Crippen LogP) is 1.65. The first-order chi connectivity index (χ1) is 10.3. The van der Waals surface area contributed by atoms with E-state index in [-0.39, 0.29) is 23.1 Å². The van der Waals surface area contributed by atoms with Crippen molar-refractivity contribution in [3.8, 4) is 0 Å². The second-order valence-corrected chi connectivity index (χ2v) is 8.94. The number of rotatable bonds is 4. The largest absolute Gasteiger partial charge is 0.324 e. The summed E-state index contributed by atoms with van der Waals surface area (Å²) >= 11 is 0. The highest BCUT2D eigenvalue weighted by Gasteiger charge is 2.47. The van der Waals surface area contributed by atoms with Crippen molar-refractivity contribution in [3.63, 3.8) is 0 Å². The van der Waals surface area contributed by atoms with Crippen molar-refractivity contribution in [1.29, 1.82) is 0 Å². The van der Waals surface area contributed by atoms with Crippen LogP contribution in [-0.2, 0) is 21.2 Å². The van der Waals surface area contributed by atoms with Crippen LogP contribution in [0.15, 0.2) is 24.3 Å². The second-order valence-electron chi connectivity index (χ2n) is 6.80. The van der Waals surface area contributed by atoms with Crippen molar-refractivity contribution < 1.29 is 13.2 Å². The maximum atomic E-state index is 12.3. The van der Waals surface area contributed by atoms with Gasteiger partial charge in [-0.2, -0.15) is 0 Å². The lowest BCUT2D eigenvalue weighted by Crippen LogP contribution is -2.43. The Kier molecular flexibility index (Phi) is 3.77. The van der Waals surface area contributed by atoms with Gasteiger partial charge in [-0.15, -0.1) is 0 Å². The highest BCUT2D eigenvalue weighted by Crippen LogP contribution is 2.48. The average molecular weight is 322 g/mol. The van der Waals surface area contributed by atoms with Gasteiger partial charge >= 0.3 is 0 Å². The average Bonchev–Trinajstić information content (AvgIpc) is 3.17. The van der Waals surface area contributed by atoms with Crippen LogP contribution >= 0.6 is 0 Å². The lowest BCUT2D eigenvalue weighted by atomic mass is 10.1. The molecular formula is C16H22N2O3S. The smallest absolute Gasteiger partial charge is 0.241 e. The fourth-order valence-corrected chi connectivity index (χ4v) is 4.74. The molecule has 3 rings (SSSR count). The third-order valence-corrected chi connectivity index (χ3v) is 5.78. The maximum absolute atomic E-state index is 12.3. The van der Waals surface area contributed by atoms with E-state index in [0.717, 1.165) is 24.1 Å². The molecule has 0 aromatic heterocycles. The number of anilines is 1. The van der Waals surface area contributed by atoms with Crippen molar-refractivity contribution in [1.82, 2.24) is 4.90 Å². The van der Waals surface area contributed by atoms with Crippen LogP contribution in [0.4, 0.5) is 5.69 Å². The van der Waals surface area contributed by atoms with Gasteiger partial charge in [0.1, 0.15) is 9.84 Å². The van der Waals surface area contributed by atoms with Gasteiger partial charge in [0.05, 0.1) is 11.8 Å². The first-order valence-corrected chi connectivity index (χ1v) is 9.65. The van der Waals surface area contributed by atoms with E-state index in [4.69, 9.17) is 0 Å². The normalized spacial score (nSPS) is 24.3. The van der Waals surface area contributed by atoms with Crippen molar-refractivity contribution in [3.05, 3.63) is 29.8 Å². The van der Waals surface area contributed by atoms with Crippen molar-refractivity contribution in [2.45, 2.75) is 32.4 Å². The number of nitrogens with zero attached hydrogens (tertiary/aromatic N) is 1. The van der Waals surface area contributed by atoms with Crippen molar-refractivity contribution in [2.75, 3.05) is 23.9 Å². The Bertz CT molecular complexity index is 695. The minimum absolute atomic E-state index is 0.0277. The standard InChI is InChI=1S/C16H22N2O3S/c1-12-15(19)17-14-6-4-3-5-13(14)9-18(12)10-16(7-8-16)11-22(2,20)21/h3-6,12H,7-11H2,1-2H3,(H,17,19). The molecule has 0 saturated heterocycles.